The summed E-state index contributed by atoms with van der Waals surface area (Å²) in [6.07, 6.45) is 1.75. The largest absolute Gasteiger partial charge is 0.350 e. The lowest BCUT2D eigenvalue weighted by Crippen LogP contribution is -2.42. The smallest absolute Gasteiger partial charge is 0.324 e. The molecule has 0 radical (unpaired) electrons. The van der Waals surface area contributed by atoms with Crippen LogP contribution in [0.2, 0.25) is 0 Å². The lowest BCUT2D eigenvalue weighted by Gasteiger charge is -2.32. The van der Waals surface area contributed by atoms with Gasteiger partial charge in [0.05, 0.1) is 5.69 Å². The first kappa shape index (κ1) is 19.0. The molecule has 1 N–H and O–H groups in total. The average molecular weight is 391 g/mol. The molecule has 0 bridgehead atoms. The number of benzene rings is 2. The Balaban J connectivity index is 1.58. The molecule has 1 aliphatic rings. The minimum Gasteiger partial charge on any atom is -0.324 e. The highest BCUT2D eigenvalue weighted by atomic mass is 16.2. The van der Waals surface area contributed by atoms with Crippen LogP contribution in [0.5, 0.6) is 0 Å². The number of anilines is 1. The molecule has 2 heterocycles. The Labute approximate surface area is 169 Å². The molecule has 1 atom stereocenters. The van der Waals surface area contributed by atoms with Gasteiger partial charge in [0.1, 0.15) is 5.82 Å². The van der Waals surface area contributed by atoms with E-state index < -0.39 is 0 Å². The number of urea groups is 1. The quantitative estimate of drug-likeness (QED) is 0.745. The molecule has 2 amide bonds. The minimum atomic E-state index is -0.173. The van der Waals surface area contributed by atoms with E-state index in [0.29, 0.717) is 18.9 Å². The van der Waals surface area contributed by atoms with Crippen LogP contribution in [0.25, 0.3) is 5.69 Å². The number of nitrogens with one attached hydrogen (secondary N) is 1. The normalized spacial score (nSPS) is 16.6. The number of nitrogens with zero attached hydrogens (tertiary/aromatic N) is 4. The van der Waals surface area contributed by atoms with Crippen molar-refractivity contribution in [2.45, 2.75) is 25.7 Å². The number of aryl methyl sites for hydroxylation is 2. The van der Waals surface area contributed by atoms with E-state index in [2.05, 4.69) is 10.4 Å². The number of hydrogen-bond acceptors (Lipinski definition) is 3. The van der Waals surface area contributed by atoms with Crippen molar-refractivity contribution in [1.29, 1.82) is 0 Å². The van der Waals surface area contributed by atoms with Crippen LogP contribution in [0, 0.1) is 6.92 Å². The van der Waals surface area contributed by atoms with Crippen molar-refractivity contribution >= 4 is 11.7 Å². The number of carbonyl (C=O) groups excluding carboxylic acids is 1. The van der Waals surface area contributed by atoms with Gasteiger partial charge >= 0.3 is 11.7 Å². The number of carbonyl (C=O) groups is 1. The highest BCUT2D eigenvalue weighted by Crippen LogP contribution is 2.27. The Kier molecular flexibility index (Phi) is 5.20. The van der Waals surface area contributed by atoms with Crippen molar-refractivity contribution in [2.24, 2.45) is 7.05 Å². The van der Waals surface area contributed by atoms with Gasteiger partial charge in [-0.15, -0.1) is 0 Å². The summed E-state index contributed by atoms with van der Waals surface area (Å²) in [4.78, 5) is 27.4. The van der Waals surface area contributed by atoms with Gasteiger partial charge in [-0.3, -0.25) is 0 Å². The fourth-order valence-electron chi connectivity index (χ4n) is 3.85. The van der Waals surface area contributed by atoms with E-state index in [1.807, 2.05) is 66.4 Å². The summed E-state index contributed by atoms with van der Waals surface area (Å²) in [5, 5.41) is 7.52. The second kappa shape index (κ2) is 7.95. The van der Waals surface area contributed by atoms with Crippen LogP contribution in [0.15, 0.2) is 59.4 Å². The Bertz CT molecular complexity index is 1070. The van der Waals surface area contributed by atoms with Crippen LogP contribution >= 0.6 is 0 Å². The van der Waals surface area contributed by atoms with Gasteiger partial charge in [-0.25, -0.2) is 18.8 Å². The Morgan fingerprint density at radius 3 is 2.59 bits per heavy atom. The van der Waals surface area contributed by atoms with Gasteiger partial charge in [-0.1, -0.05) is 36.4 Å². The Morgan fingerprint density at radius 2 is 1.83 bits per heavy atom. The van der Waals surface area contributed by atoms with Gasteiger partial charge in [0, 0.05) is 31.7 Å². The molecule has 1 aliphatic heterocycles. The maximum Gasteiger partial charge on any atom is 0.350 e. The van der Waals surface area contributed by atoms with E-state index in [1.165, 1.54) is 4.68 Å². The molecule has 150 valence electrons. The zero-order valence-corrected chi connectivity index (χ0v) is 16.7. The standard InChI is InChI=1S/C22H25N5O2/c1-16-9-6-7-13-19(16)23-21(28)26-14-8-10-17(15-26)20-24-25(2)22(29)27(20)18-11-4-3-5-12-18/h3-7,9,11-13,17H,8,10,14-15H2,1-2H3,(H,23,28). The summed E-state index contributed by atoms with van der Waals surface area (Å²) in [6.45, 7) is 3.19. The number of likely N-dealkylation sites (tertiary alicyclic amines) is 1. The van der Waals surface area contributed by atoms with E-state index in [1.54, 1.807) is 11.6 Å². The maximum absolute atomic E-state index is 12.8. The third kappa shape index (κ3) is 3.81. The van der Waals surface area contributed by atoms with Gasteiger partial charge in [0.2, 0.25) is 0 Å². The minimum absolute atomic E-state index is 0.000441. The van der Waals surface area contributed by atoms with E-state index in [9.17, 15) is 9.59 Å². The Morgan fingerprint density at radius 1 is 1.10 bits per heavy atom. The predicted molar refractivity (Wildman–Crippen MR) is 113 cm³/mol. The first-order valence-corrected chi connectivity index (χ1v) is 9.87. The molecule has 1 aromatic heterocycles. The lowest BCUT2D eigenvalue weighted by molar-refractivity contribution is 0.191. The van der Waals surface area contributed by atoms with Gasteiger partial charge < -0.3 is 10.2 Å². The summed E-state index contributed by atoms with van der Waals surface area (Å²) in [6, 6.07) is 17.1. The zero-order valence-electron chi connectivity index (χ0n) is 16.7. The predicted octanol–water partition coefficient (Wildman–Crippen LogP) is 3.29. The molecule has 29 heavy (non-hydrogen) atoms. The fraction of sp³-hybridized carbons (Fsp3) is 0.318. The van der Waals surface area contributed by atoms with Crippen molar-refractivity contribution in [3.05, 3.63) is 76.5 Å². The topological polar surface area (TPSA) is 72.2 Å². The molecule has 1 unspecified atom stereocenters. The third-order valence-corrected chi connectivity index (χ3v) is 5.42. The summed E-state index contributed by atoms with van der Waals surface area (Å²) in [5.41, 5.74) is 2.46. The van der Waals surface area contributed by atoms with Crippen molar-refractivity contribution < 1.29 is 4.79 Å². The first-order valence-electron chi connectivity index (χ1n) is 9.87. The molecule has 4 rings (SSSR count). The molecule has 1 fully saturated rings. The number of hydrogen-bond donors (Lipinski definition) is 1. The van der Waals surface area contributed by atoms with E-state index in [4.69, 9.17) is 0 Å². The van der Waals surface area contributed by atoms with Gasteiger partial charge in [-0.05, 0) is 43.5 Å². The second-order valence-corrected chi connectivity index (χ2v) is 7.47. The van der Waals surface area contributed by atoms with Gasteiger partial charge in [0.15, 0.2) is 0 Å². The molecule has 2 aromatic carbocycles. The molecule has 7 nitrogen and oxygen atoms in total. The van der Waals surface area contributed by atoms with Crippen LogP contribution in [0.3, 0.4) is 0 Å². The van der Waals surface area contributed by atoms with Crippen molar-refractivity contribution in [1.82, 2.24) is 19.2 Å². The Hall–Kier alpha value is -3.35. The number of amides is 2. The number of piperidine rings is 1. The molecular formula is C22H25N5O2. The van der Waals surface area contributed by atoms with E-state index in [0.717, 1.165) is 29.8 Å². The van der Waals surface area contributed by atoms with E-state index in [-0.39, 0.29) is 17.6 Å². The SMILES string of the molecule is Cc1ccccc1NC(=O)N1CCCC(c2nn(C)c(=O)n2-c2ccccc2)C1. The van der Waals surface area contributed by atoms with E-state index >= 15 is 0 Å². The molecular weight excluding hydrogens is 366 g/mol. The molecule has 0 saturated carbocycles. The second-order valence-electron chi connectivity index (χ2n) is 7.47. The highest BCUT2D eigenvalue weighted by Gasteiger charge is 2.29. The van der Waals surface area contributed by atoms with Gasteiger partial charge in [-0.2, -0.15) is 5.10 Å². The van der Waals surface area contributed by atoms with Crippen LogP contribution < -0.4 is 11.0 Å². The molecule has 3 aromatic rings. The molecule has 0 spiro atoms. The van der Waals surface area contributed by atoms with Crippen molar-refractivity contribution in [2.75, 3.05) is 18.4 Å². The van der Waals surface area contributed by atoms with Crippen molar-refractivity contribution in [3.63, 3.8) is 0 Å². The summed E-state index contributed by atoms with van der Waals surface area (Å²) >= 11 is 0. The molecule has 0 aliphatic carbocycles. The number of rotatable bonds is 3. The van der Waals surface area contributed by atoms with Crippen LogP contribution in [-0.4, -0.2) is 38.4 Å². The maximum atomic E-state index is 12.8. The summed E-state index contributed by atoms with van der Waals surface area (Å²) in [5.74, 6) is 0.706. The first-order chi connectivity index (χ1) is 14.0. The van der Waals surface area contributed by atoms with Crippen LogP contribution in [0.4, 0.5) is 10.5 Å². The molecule has 1 saturated heterocycles. The van der Waals surface area contributed by atoms with Gasteiger partial charge in [0.25, 0.3) is 0 Å². The fourth-order valence-corrected chi connectivity index (χ4v) is 3.85. The average Bonchev–Trinajstić information content (AvgIpc) is 3.05. The summed E-state index contributed by atoms with van der Waals surface area (Å²) in [7, 11) is 1.66. The number of para-hydroxylation sites is 2. The summed E-state index contributed by atoms with van der Waals surface area (Å²) < 4.78 is 3.03. The zero-order chi connectivity index (χ0) is 20.4. The van der Waals surface area contributed by atoms with Crippen LogP contribution in [-0.2, 0) is 7.05 Å². The monoisotopic (exact) mass is 391 g/mol. The third-order valence-electron chi connectivity index (χ3n) is 5.42. The van der Waals surface area contributed by atoms with Crippen molar-refractivity contribution in [3.8, 4) is 5.69 Å². The number of aromatic nitrogens is 3. The van der Waals surface area contributed by atoms with Crippen LogP contribution in [0.1, 0.15) is 30.1 Å². The lowest BCUT2D eigenvalue weighted by atomic mass is 9.97. The highest BCUT2D eigenvalue weighted by molar-refractivity contribution is 5.90. The molecule has 7 heteroatoms.